The summed E-state index contributed by atoms with van der Waals surface area (Å²) in [5.41, 5.74) is 1.33. The molecule has 14 heavy (non-hydrogen) atoms. The Morgan fingerprint density at radius 3 is 3.07 bits per heavy atom. The smallest absolute Gasteiger partial charge is 0.0935 e. The van der Waals surface area contributed by atoms with Crippen molar-refractivity contribution in [3.8, 4) is 0 Å². The van der Waals surface area contributed by atoms with Gasteiger partial charge in [-0.1, -0.05) is 42.6 Å². The number of allylic oxidation sites excluding steroid dienone is 2. The van der Waals surface area contributed by atoms with Gasteiger partial charge in [0.25, 0.3) is 0 Å². The van der Waals surface area contributed by atoms with Gasteiger partial charge in [-0.3, -0.25) is 4.99 Å². The lowest BCUT2D eigenvalue weighted by molar-refractivity contribution is 1.18. The summed E-state index contributed by atoms with van der Waals surface area (Å²) < 4.78 is 0. The van der Waals surface area contributed by atoms with E-state index < -0.39 is 0 Å². The Hall–Kier alpha value is -1.28. The molecule has 0 aliphatic carbocycles. The predicted octanol–water partition coefficient (Wildman–Crippen LogP) is 3.43. The topological polar surface area (TPSA) is 12.4 Å². The molecular formula is C12H11NS. The number of benzene rings is 1. The van der Waals surface area contributed by atoms with Crippen molar-refractivity contribution in [1.82, 2.24) is 0 Å². The van der Waals surface area contributed by atoms with Gasteiger partial charge in [-0.25, -0.2) is 0 Å². The highest BCUT2D eigenvalue weighted by Crippen LogP contribution is 2.29. The Kier molecular flexibility index (Phi) is 2.84. The highest BCUT2D eigenvalue weighted by molar-refractivity contribution is 8.03. The lowest BCUT2D eigenvalue weighted by Gasteiger charge is -2.05. The van der Waals surface area contributed by atoms with E-state index in [9.17, 15) is 0 Å². The van der Waals surface area contributed by atoms with Crippen LogP contribution in [0.5, 0.6) is 0 Å². The van der Waals surface area contributed by atoms with Crippen LogP contribution >= 0.6 is 11.8 Å². The number of aliphatic imine (C=N–C) groups is 1. The minimum Gasteiger partial charge on any atom is -0.250 e. The van der Waals surface area contributed by atoms with Crippen molar-refractivity contribution >= 4 is 18.0 Å². The van der Waals surface area contributed by atoms with Crippen LogP contribution in [0.1, 0.15) is 5.56 Å². The third-order valence-corrected chi connectivity index (χ3v) is 2.94. The van der Waals surface area contributed by atoms with Crippen molar-refractivity contribution < 1.29 is 0 Å². The van der Waals surface area contributed by atoms with E-state index in [1.165, 1.54) is 10.5 Å². The molecule has 1 aliphatic heterocycles. The first kappa shape index (κ1) is 9.28. The average molecular weight is 201 g/mol. The maximum atomic E-state index is 4.20. The van der Waals surface area contributed by atoms with Crippen LogP contribution in [0.2, 0.25) is 0 Å². The summed E-state index contributed by atoms with van der Waals surface area (Å²) >= 11 is 1.63. The van der Waals surface area contributed by atoms with Crippen LogP contribution in [-0.2, 0) is 6.42 Å². The minimum absolute atomic E-state index is 0.837. The highest BCUT2D eigenvalue weighted by Gasteiger charge is 2.03. The van der Waals surface area contributed by atoms with Crippen molar-refractivity contribution in [2.45, 2.75) is 11.3 Å². The van der Waals surface area contributed by atoms with Gasteiger partial charge in [-0.05, 0) is 24.1 Å². The van der Waals surface area contributed by atoms with Gasteiger partial charge >= 0.3 is 0 Å². The van der Waals surface area contributed by atoms with Crippen molar-refractivity contribution in [3.63, 3.8) is 0 Å². The van der Waals surface area contributed by atoms with Crippen molar-refractivity contribution in [1.29, 1.82) is 0 Å². The summed E-state index contributed by atoms with van der Waals surface area (Å²) in [6.07, 6.45) is 6.83. The molecule has 1 aliphatic rings. The number of rotatable bonds is 0. The molecule has 0 bridgehead atoms. The van der Waals surface area contributed by atoms with E-state index in [4.69, 9.17) is 0 Å². The van der Waals surface area contributed by atoms with E-state index in [1.807, 2.05) is 12.1 Å². The zero-order valence-electron chi connectivity index (χ0n) is 7.81. The van der Waals surface area contributed by atoms with Gasteiger partial charge in [0.05, 0.1) is 5.03 Å². The zero-order valence-corrected chi connectivity index (χ0v) is 8.63. The average Bonchev–Trinajstić information content (AvgIpc) is 2.27. The molecule has 70 valence electrons. The van der Waals surface area contributed by atoms with Crippen LogP contribution in [0, 0.1) is 0 Å². The Morgan fingerprint density at radius 2 is 2.14 bits per heavy atom. The van der Waals surface area contributed by atoms with Crippen molar-refractivity contribution in [2.75, 3.05) is 0 Å². The largest absolute Gasteiger partial charge is 0.250 e. The monoisotopic (exact) mass is 201 g/mol. The molecule has 0 atom stereocenters. The van der Waals surface area contributed by atoms with Crippen LogP contribution < -0.4 is 0 Å². The molecule has 0 unspecified atom stereocenters. The molecule has 0 N–H and O–H groups in total. The van der Waals surface area contributed by atoms with Crippen LogP contribution in [0.15, 0.2) is 57.9 Å². The molecule has 2 rings (SSSR count). The van der Waals surface area contributed by atoms with Crippen molar-refractivity contribution in [2.24, 2.45) is 4.99 Å². The molecule has 0 saturated carbocycles. The second kappa shape index (κ2) is 4.29. The molecule has 0 aromatic heterocycles. The summed E-state index contributed by atoms with van der Waals surface area (Å²) in [5.74, 6) is 0. The first-order valence-corrected chi connectivity index (χ1v) is 5.32. The first-order chi connectivity index (χ1) is 6.86. The second-order valence-corrected chi connectivity index (χ2v) is 4.13. The summed E-state index contributed by atoms with van der Waals surface area (Å²) in [7, 11) is 0. The lowest BCUT2D eigenvalue weighted by Crippen LogP contribution is -1.84. The van der Waals surface area contributed by atoms with Gasteiger partial charge in [0.15, 0.2) is 0 Å². The number of fused-ring (bicyclic) bond motifs is 1. The fourth-order valence-corrected chi connectivity index (χ4v) is 2.10. The van der Waals surface area contributed by atoms with E-state index in [2.05, 4.69) is 35.8 Å². The van der Waals surface area contributed by atoms with Crippen LogP contribution in [0.3, 0.4) is 0 Å². The predicted molar refractivity (Wildman–Crippen MR) is 62.8 cm³/mol. The lowest BCUT2D eigenvalue weighted by atomic mass is 10.1. The fourth-order valence-electron chi connectivity index (χ4n) is 1.31. The second-order valence-electron chi connectivity index (χ2n) is 3.01. The third kappa shape index (κ3) is 2.15. The van der Waals surface area contributed by atoms with Gasteiger partial charge in [0, 0.05) is 11.1 Å². The molecule has 0 radical (unpaired) electrons. The van der Waals surface area contributed by atoms with E-state index in [0.29, 0.717) is 0 Å². The maximum absolute atomic E-state index is 4.20. The molecular weight excluding hydrogens is 190 g/mol. The normalized spacial score (nSPS) is 20.1. The first-order valence-electron chi connectivity index (χ1n) is 4.50. The van der Waals surface area contributed by atoms with E-state index >= 15 is 0 Å². The Balaban J connectivity index is 2.39. The summed E-state index contributed by atoms with van der Waals surface area (Å²) in [4.78, 5) is 5.45. The van der Waals surface area contributed by atoms with Gasteiger partial charge in [-0.2, -0.15) is 0 Å². The third-order valence-electron chi connectivity index (χ3n) is 1.98. The number of hydrogen-bond acceptors (Lipinski definition) is 2. The summed E-state index contributed by atoms with van der Waals surface area (Å²) in [6, 6.07) is 8.37. The molecule has 1 aromatic carbocycles. The molecule has 1 aromatic rings. The Morgan fingerprint density at radius 1 is 1.29 bits per heavy atom. The van der Waals surface area contributed by atoms with Crippen molar-refractivity contribution in [3.05, 3.63) is 53.6 Å². The van der Waals surface area contributed by atoms with Crippen LogP contribution in [0.4, 0.5) is 0 Å². The highest BCUT2D eigenvalue weighted by atomic mass is 32.2. The molecule has 2 heteroatoms. The Bertz CT molecular complexity index is 405. The van der Waals surface area contributed by atoms with Gasteiger partial charge in [-0.15, -0.1) is 0 Å². The molecule has 0 saturated heterocycles. The SMILES string of the molecule is C=C1/N=C\C=C/Cc2ccccc2S1. The summed E-state index contributed by atoms with van der Waals surface area (Å²) in [6.45, 7) is 3.89. The van der Waals surface area contributed by atoms with Gasteiger partial charge in [0.1, 0.15) is 0 Å². The summed E-state index contributed by atoms with van der Waals surface area (Å²) in [5, 5.41) is 0.837. The van der Waals surface area contributed by atoms with Crippen LogP contribution in [-0.4, -0.2) is 6.21 Å². The Labute approximate surface area is 88.3 Å². The van der Waals surface area contributed by atoms with Crippen LogP contribution in [0.25, 0.3) is 0 Å². The standard InChI is InChI=1S/C12H11NS/c1-10-13-9-5-4-7-11-6-2-3-8-12(11)14-10/h2-6,8-9H,1,7H2/b5-4-,13-9-. The fraction of sp³-hybridized carbons (Fsp3) is 0.0833. The molecule has 0 amide bonds. The quantitative estimate of drug-likeness (QED) is 0.626. The van der Waals surface area contributed by atoms with E-state index in [0.717, 1.165) is 11.4 Å². The molecule has 0 fully saturated rings. The number of hydrogen-bond donors (Lipinski definition) is 0. The maximum Gasteiger partial charge on any atom is 0.0935 e. The van der Waals surface area contributed by atoms with E-state index in [1.54, 1.807) is 18.0 Å². The van der Waals surface area contributed by atoms with Gasteiger partial charge < -0.3 is 0 Å². The minimum atomic E-state index is 0.837. The zero-order chi connectivity index (χ0) is 9.80. The van der Waals surface area contributed by atoms with Gasteiger partial charge in [0.2, 0.25) is 0 Å². The molecule has 1 heterocycles. The molecule has 0 spiro atoms. The van der Waals surface area contributed by atoms with E-state index in [-0.39, 0.29) is 0 Å². The number of thioether (sulfide) groups is 1. The number of nitrogens with zero attached hydrogens (tertiary/aromatic N) is 1. The molecule has 1 nitrogen and oxygen atoms in total.